The Morgan fingerprint density at radius 3 is 2.42 bits per heavy atom. The molecule has 0 aliphatic heterocycles. The van der Waals surface area contributed by atoms with Crippen LogP contribution < -0.4 is 15.0 Å². The highest BCUT2D eigenvalue weighted by atomic mass is 16.5. The van der Waals surface area contributed by atoms with E-state index in [9.17, 15) is 4.79 Å². The molecule has 2 aromatic carbocycles. The monoisotopic (exact) mass is 322 g/mol. The van der Waals surface area contributed by atoms with Crippen molar-refractivity contribution in [2.75, 3.05) is 14.2 Å². The van der Waals surface area contributed by atoms with E-state index in [-0.39, 0.29) is 5.56 Å². The van der Waals surface area contributed by atoms with Crippen LogP contribution in [0.1, 0.15) is 11.4 Å². The smallest absolute Gasteiger partial charge is 0.261 e. The van der Waals surface area contributed by atoms with Gasteiger partial charge in [0.1, 0.15) is 22.8 Å². The van der Waals surface area contributed by atoms with Gasteiger partial charge in [0.05, 0.1) is 19.6 Å². The second kappa shape index (κ2) is 6.58. The summed E-state index contributed by atoms with van der Waals surface area (Å²) in [6.07, 6.45) is 3.72. The van der Waals surface area contributed by atoms with Crippen LogP contribution in [0.5, 0.6) is 11.5 Å². The van der Waals surface area contributed by atoms with Gasteiger partial charge in [0, 0.05) is 7.05 Å². The summed E-state index contributed by atoms with van der Waals surface area (Å²) in [7, 11) is 4.91. The molecule has 3 aromatic rings. The molecular weight excluding hydrogens is 304 g/mol. The van der Waals surface area contributed by atoms with Crippen molar-refractivity contribution < 1.29 is 9.47 Å². The first-order chi connectivity index (χ1) is 11.6. The average molecular weight is 322 g/mol. The predicted molar refractivity (Wildman–Crippen MR) is 95.5 cm³/mol. The Kier molecular flexibility index (Phi) is 4.33. The topological polar surface area (TPSA) is 53.4 Å². The van der Waals surface area contributed by atoms with Gasteiger partial charge in [-0.2, -0.15) is 0 Å². The predicted octanol–water partition coefficient (Wildman–Crippen LogP) is 3.12. The van der Waals surface area contributed by atoms with Crippen molar-refractivity contribution in [2.24, 2.45) is 7.05 Å². The largest absolute Gasteiger partial charge is 0.497 e. The molecule has 0 aliphatic carbocycles. The molecule has 0 unspecified atom stereocenters. The Morgan fingerprint density at radius 2 is 1.75 bits per heavy atom. The summed E-state index contributed by atoms with van der Waals surface area (Å²) in [5, 5.41) is 0.540. The normalized spacial score (nSPS) is 11.1. The van der Waals surface area contributed by atoms with Gasteiger partial charge in [-0.25, -0.2) is 4.98 Å². The van der Waals surface area contributed by atoms with Crippen LogP contribution in [0.3, 0.4) is 0 Å². The fourth-order valence-electron chi connectivity index (χ4n) is 2.48. The molecule has 0 saturated carbocycles. The summed E-state index contributed by atoms with van der Waals surface area (Å²) in [5.41, 5.74) is 1.45. The number of ether oxygens (including phenoxy) is 2. The Balaban J connectivity index is 2.06. The molecule has 0 saturated heterocycles. The van der Waals surface area contributed by atoms with E-state index >= 15 is 0 Å². The van der Waals surface area contributed by atoms with E-state index in [0.29, 0.717) is 22.5 Å². The Hall–Kier alpha value is -3.08. The van der Waals surface area contributed by atoms with E-state index in [4.69, 9.17) is 9.47 Å². The van der Waals surface area contributed by atoms with Crippen molar-refractivity contribution >= 4 is 23.1 Å². The molecule has 3 rings (SSSR count). The molecule has 0 atom stereocenters. The van der Waals surface area contributed by atoms with Crippen LogP contribution in [0.15, 0.2) is 47.3 Å². The van der Waals surface area contributed by atoms with Gasteiger partial charge < -0.3 is 9.47 Å². The zero-order valence-electron chi connectivity index (χ0n) is 13.8. The molecule has 122 valence electrons. The number of para-hydroxylation sites is 1. The highest BCUT2D eigenvalue weighted by Crippen LogP contribution is 2.21. The van der Waals surface area contributed by atoms with Gasteiger partial charge in [0.15, 0.2) is 0 Å². The van der Waals surface area contributed by atoms with E-state index in [1.807, 2.05) is 36.4 Å². The van der Waals surface area contributed by atoms with Gasteiger partial charge >= 0.3 is 0 Å². The van der Waals surface area contributed by atoms with E-state index in [1.54, 1.807) is 39.5 Å². The molecule has 0 spiro atoms. The highest BCUT2D eigenvalue weighted by Gasteiger charge is 2.10. The van der Waals surface area contributed by atoms with Crippen LogP contribution >= 0.6 is 0 Å². The van der Waals surface area contributed by atoms with E-state index < -0.39 is 0 Å². The van der Waals surface area contributed by atoms with E-state index in [1.165, 1.54) is 4.57 Å². The van der Waals surface area contributed by atoms with Gasteiger partial charge in [-0.15, -0.1) is 0 Å². The molecule has 5 heteroatoms. The molecular formula is C19H18N2O3. The minimum absolute atomic E-state index is 0.103. The minimum atomic E-state index is -0.103. The summed E-state index contributed by atoms with van der Waals surface area (Å²) >= 11 is 0. The lowest BCUT2D eigenvalue weighted by Gasteiger charge is -2.08. The average Bonchev–Trinajstić information content (AvgIpc) is 2.63. The second-order valence-electron chi connectivity index (χ2n) is 5.30. The van der Waals surface area contributed by atoms with Crippen molar-refractivity contribution in [1.29, 1.82) is 0 Å². The standard InChI is InChI=1S/C19H18N2O3/c1-21-17(12-9-13-7-10-14(23-2)11-8-13)20-18-15(19(21)22)5-4-6-16(18)24-3/h4-12H,1-3H3/b12-9+. The first kappa shape index (κ1) is 15.8. The molecule has 0 aliphatic rings. The molecule has 0 amide bonds. The third-order valence-electron chi connectivity index (χ3n) is 3.86. The van der Waals surface area contributed by atoms with Crippen LogP contribution in [0.2, 0.25) is 0 Å². The summed E-state index contributed by atoms with van der Waals surface area (Å²) in [6, 6.07) is 13.0. The fraction of sp³-hybridized carbons (Fsp3) is 0.158. The number of aromatic nitrogens is 2. The van der Waals surface area contributed by atoms with E-state index in [0.717, 1.165) is 11.3 Å². The lowest BCUT2D eigenvalue weighted by Crippen LogP contribution is -2.20. The van der Waals surface area contributed by atoms with Crippen LogP contribution in [-0.4, -0.2) is 23.8 Å². The summed E-state index contributed by atoms with van der Waals surface area (Å²) < 4.78 is 12.0. The number of rotatable bonds is 4. The number of hydrogen-bond acceptors (Lipinski definition) is 4. The number of methoxy groups -OCH3 is 2. The molecule has 0 radical (unpaired) electrons. The molecule has 1 aromatic heterocycles. The molecule has 5 nitrogen and oxygen atoms in total. The van der Waals surface area contributed by atoms with Gasteiger partial charge in [0.25, 0.3) is 5.56 Å². The maximum atomic E-state index is 12.5. The molecule has 24 heavy (non-hydrogen) atoms. The zero-order chi connectivity index (χ0) is 17.1. The molecule has 1 heterocycles. The minimum Gasteiger partial charge on any atom is -0.497 e. The number of fused-ring (bicyclic) bond motifs is 1. The van der Waals surface area contributed by atoms with Crippen LogP contribution in [0.25, 0.3) is 23.1 Å². The first-order valence-corrected chi connectivity index (χ1v) is 7.50. The third-order valence-corrected chi connectivity index (χ3v) is 3.86. The Bertz CT molecular complexity index is 957. The summed E-state index contributed by atoms with van der Waals surface area (Å²) in [4.78, 5) is 17.1. The maximum absolute atomic E-state index is 12.5. The number of hydrogen-bond donors (Lipinski definition) is 0. The Labute approximate surface area is 139 Å². The van der Waals surface area contributed by atoms with Crippen molar-refractivity contribution in [3.05, 3.63) is 64.2 Å². The van der Waals surface area contributed by atoms with Crippen molar-refractivity contribution in [2.45, 2.75) is 0 Å². The number of benzene rings is 2. The Morgan fingerprint density at radius 1 is 1.00 bits per heavy atom. The van der Waals surface area contributed by atoms with Gasteiger partial charge in [-0.1, -0.05) is 24.3 Å². The van der Waals surface area contributed by atoms with E-state index in [2.05, 4.69) is 4.98 Å². The lowest BCUT2D eigenvalue weighted by atomic mass is 10.2. The van der Waals surface area contributed by atoms with Crippen molar-refractivity contribution in [3.63, 3.8) is 0 Å². The maximum Gasteiger partial charge on any atom is 0.261 e. The van der Waals surface area contributed by atoms with Gasteiger partial charge in [-0.3, -0.25) is 9.36 Å². The lowest BCUT2D eigenvalue weighted by molar-refractivity contribution is 0.415. The van der Waals surface area contributed by atoms with Gasteiger partial charge in [0.2, 0.25) is 0 Å². The van der Waals surface area contributed by atoms with Crippen molar-refractivity contribution in [3.8, 4) is 11.5 Å². The quantitative estimate of drug-likeness (QED) is 0.740. The highest BCUT2D eigenvalue weighted by molar-refractivity contribution is 5.84. The van der Waals surface area contributed by atoms with Crippen LogP contribution in [0, 0.1) is 0 Å². The zero-order valence-corrected chi connectivity index (χ0v) is 13.8. The molecule has 0 bridgehead atoms. The second-order valence-corrected chi connectivity index (χ2v) is 5.30. The fourth-order valence-corrected chi connectivity index (χ4v) is 2.48. The first-order valence-electron chi connectivity index (χ1n) is 7.50. The SMILES string of the molecule is COc1ccc(/C=C/c2nc3c(OC)cccc3c(=O)n2C)cc1. The van der Waals surface area contributed by atoms with Crippen molar-refractivity contribution in [1.82, 2.24) is 9.55 Å². The van der Waals surface area contributed by atoms with Gasteiger partial charge in [-0.05, 0) is 35.9 Å². The molecule has 0 N–H and O–H groups in total. The summed E-state index contributed by atoms with van der Waals surface area (Å²) in [6.45, 7) is 0. The summed E-state index contributed by atoms with van der Waals surface area (Å²) in [5.74, 6) is 1.95. The third kappa shape index (κ3) is 2.88. The number of nitrogens with zero attached hydrogens (tertiary/aromatic N) is 2. The van der Waals surface area contributed by atoms with Crippen LogP contribution in [-0.2, 0) is 7.05 Å². The van der Waals surface area contributed by atoms with Crippen LogP contribution in [0.4, 0.5) is 0 Å². The molecule has 0 fully saturated rings.